The van der Waals surface area contributed by atoms with E-state index in [0.717, 1.165) is 16.7 Å². The molecule has 0 saturated carbocycles. The third-order valence-corrected chi connectivity index (χ3v) is 3.98. The van der Waals surface area contributed by atoms with E-state index in [1.807, 2.05) is 24.3 Å². The monoisotopic (exact) mass is 387 g/mol. The molecular weight excluding hydrogens is 361 g/mol. The summed E-state index contributed by atoms with van der Waals surface area (Å²) in [4.78, 5) is 23.8. The van der Waals surface area contributed by atoms with Crippen molar-refractivity contribution in [3.63, 3.8) is 0 Å². The van der Waals surface area contributed by atoms with Gasteiger partial charge in [-0.15, -0.1) is 0 Å². The molecule has 0 saturated heterocycles. The van der Waals surface area contributed by atoms with Crippen molar-refractivity contribution in [3.05, 3.63) is 59.9 Å². The molecule has 0 aliphatic carbocycles. The maximum atomic E-state index is 13.1. The molecule has 0 bridgehead atoms. The number of nitrogens with one attached hydrogen (secondary N) is 1. The van der Waals surface area contributed by atoms with Crippen molar-refractivity contribution < 1.29 is 23.5 Å². The lowest BCUT2D eigenvalue weighted by Gasteiger charge is -2.23. The van der Waals surface area contributed by atoms with Gasteiger partial charge in [-0.05, 0) is 56.0 Å². The first-order chi connectivity index (χ1) is 13.2. The first-order valence-corrected chi connectivity index (χ1v) is 9.07. The second-order valence-electron chi connectivity index (χ2n) is 7.53. The number of benzene rings is 2. The average molecular weight is 387 g/mol. The van der Waals surface area contributed by atoms with Crippen LogP contribution in [0.5, 0.6) is 0 Å². The van der Waals surface area contributed by atoms with Gasteiger partial charge in [0.1, 0.15) is 11.4 Å². The molecule has 0 spiro atoms. The van der Waals surface area contributed by atoms with Gasteiger partial charge in [0, 0.05) is 6.04 Å². The Bertz CT molecular complexity index is 795. The minimum atomic E-state index is -0.628. The van der Waals surface area contributed by atoms with Crippen LogP contribution >= 0.6 is 0 Å². The van der Waals surface area contributed by atoms with E-state index in [-0.39, 0.29) is 12.2 Å². The molecule has 0 aliphatic rings. The molecular formula is C22H26FNO4. The van der Waals surface area contributed by atoms with Gasteiger partial charge in [-0.25, -0.2) is 9.18 Å². The fourth-order valence-electron chi connectivity index (χ4n) is 2.69. The molecule has 5 nitrogen and oxygen atoms in total. The van der Waals surface area contributed by atoms with Gasteiger partial charge in [0.05, 0.1) is 13.5 Å². The Morgan fingerprint density at radius 2 is 1.54 bits per heavy atom. The van der Waals surface area contributed by atoms with E-state index < -0.39 is 23.7 Å². The molecule has 0 fully saturated rings. The van der Waals surface area contributed by atoms with Gasteiger partial charge in [-0.3, -0.25) is 4.79 Å². The topological polar surface area (TPSA) is 64.6 Å². The molecule has 1 amide bonds. The smallest absolute Gasteiger partial charge is 0.407 e. The number of alkyl carbamates (subject to hydrolysis) is 1. The zero-order valence-corrected chi connectivity index (χ0v) is 16.6. The maximum Gasteiger partial charge on any atom is 0.407 e. The Morgan fingerprint density at radius 3 is 2.04 bits per heavy atom. The number of hydrogen-bond acceptors (Lipinski definition) is 4. The zero-order chi connectivity index (χ0) is 20.7. The Balaban J connectivity index is 2.08. The molecule has 2 aromatic rings. The molecule has 150 valence electrons. The van der Waals surface area contributed by atoms with Crippen LogP contribution in [-0.4, -0.2) is 30.8 Å². The van der Waals surface area contributed by atoms with Gasteiger partial charge in [-0.1, -0.05) is 36.4 Å². The predicted octanol–water partition coefficient (Wildman–Crippen LogP) is 4.49. The van der Waals surface area contributed by atoms with Gasteiger partial charge in [0.25, 0.3) is 0 Å². The number of amides is 1. The minimum Gasteiger partial charge on any atom is -0.469 e. The summed E-state index contributed by atoms with van der Waals surface area (Å²) >= 11 is 0. The van der Waals surface area contributed by atoms with Crippen LogP contribution in [0.25, 0.3) is 11.1 Å². The van der Waals surface area contributed by atoms with Gasteiger partial charge in [0.2, 0.25) is 0 Å². The van der Waals surface area contributed by atoms with Gasteiger partial charge in [-0.2, -0.15) is 0 Å². The average Bonchev–Trinajstić information content (AvgIpc) is 2.61. The van der Waals surface area contributed by atoms with Crippen LogP contribution in [0.1, 0.15) is 32.8 Å². The number of carbonyl (C=O) groups excluding carboxylic acids is 2. The zero-order valence-electron chi connectivity index (χ0n) is 16.6. The summed E-state index contributed by atoms with van der Waals surface area (Å²) < 4.78 is 23.1. The van der Waals surface area contributed by atoms with E-state index in [1.54, 1.807) is 32.9 Å². The van der Waals surface area contributed by atoms with E-state index in [1.165, 1.54) is 19.2 Å². The SMILES string of the molecule is COC(=O)C[C@H](Cc1ccc(-c2ccc(F)cc2)cc1)NC(=O)OC(C)(C)C. The Labute approximate surface area is 164 Å². The number of ether oxygens (including phenoxy) is 2. The van der Waals surface area contributed by atoms with Crippen LogP contribution in [0.3, 0.4) is 0 Å². The predicted molar refractivity (Wildman–Crippen MR) is 105 cm³/mol. The molecule has 28 heavy (non-hydrogen) atoms. The molecule has 0 heterocycles. The van der Waals surface area contributed by atoms with E-state index in [2.05, 4.69) is 5.32 Å². The summed E-state index contributed by atoms with van der Waals surface area (Å²) in [5, 5.41) is 2.74. The second kappa shape index (κ2) is 9.35. The molecule has 1 atom stereocenters. The molecule has 0 aromatic heterocycles. The highest BCUT2D eigenvalue weighted by Gasteiger charge is 2.22. The van der Waals surface area contributed by atoms with Crippen molar-refractivity contribution >= 4 is 12.1 Å². The number of esters is 1. The number of hydrogen-bond donors (Lipinski definition) is 1. The normalized spacial score (nSPS) is 12.2. The first-order valence-electron chi connectivity index (χ1n) is 9.07. The molecule has 2 aromatic carbocycles. The van der Waals surface area contributed by atoms with Crippen molar-refractivity contribution in [1.29, 1.82) is 0 Å². The summed E-state index contributed by atoms with van der Waals surface area (Å²) in [5.74, 6) is -0.691. The summed E-state index contributed by atoms with van der Waals surface area (Å²) in [6.07, 6.45) is -0.0997. The Kier molecular flexibility index (Phi) is 7.15. The van der Waals surface area contributed by atoms with Crippen molar-refractivity contribution in [2.45, 2.75) is 45.3 Å². The minimum absolute atomic E-state index is 0.0372. The third kappa shape index (κ3) is 7.02. The standard InChI is InChI=1S/C22H26FNO4/c1-22(2,3)28-21(26)24-19(14-20(25)27-4)13-15-5-7-16(8-6-15)17-9-11-18(23)12-10-17/h5-12,19H,13-14H2,1-4H3,(H,24,26)/t19-/m0/s1. The lowest BCUT2D eigenvalue weighted by molar-refractivity contribution is -0.141. The first kappa shape index (κ1) is 21.4. The van der Waals surface area contributed by atoms with Crippen LogP contribution in [0.15, 0.2) is 48.5 Å². The Morgan fingerprint density at radius 1 is 1.00 bits per heavy atom. The molecule has 0 aliphatic heterocycles. The van der Waals surface area contributed by atoms with Crippen LogP contribution in [-0.2, 0) is 20.7 Å². The van der Waals surface area contributed by atoms with Crippen LogP contribution in [0.2, 0.25) is 0 Å². The largest absolute Gasteiger partial charge is 0.469 e. The van der Waals surface area contributed by atoms with Gasteiger partial charge >= 0.3 is 12.1 Å². The third-order valence-electron chi connectivity index (χ3n) is 3.98. The highest BCUT2D eigenvalue weighted by atomic mass is 19.1. The number of halogens is 1. The van der Waals surface area contributed by atoms with E-state index in [9.17, 15) is 14.0 Å². The second-order valence-corrected chi connectivity index (χ2v) is 7.53. The summed E-state index contributed by atoms with van der Waals surface area (Å²) in [6, 6.07) is 13.5. The quantitative estimate of drug-likeness (QED) is 0.742. The lowest BCUT2D eigenvalue weighted by atomic mass is 9.99. The fraction of sp³-hybridized carbons (Fsp3) is 0.364. The van der Waals surface area contributed by atoms with Crippen molar-refractivity contribution in [2.75, 3.05) is 7.11 Å². The number of carbonyl (C=O) groups is 2. The van der Waals surface area contributed by atoms with Gasteiger partial charge < -0.3 is 14.8 Å². The van der Waals surface area contributed by atoms with Crippen LogP contribution < -0.4 is 5.32 Å². The van der Waals surface area contributed by atoms with Crippen molar-refractivity contribution in [1.82, 2.24) is 5.32 Å². The molecule has 2 rings (SSSR count). The molecule has 0 radical (unpaired) electrons. The highest BCUT2D eigenvalue weighted by Crippen LogP contribution is 2.21. The summed E-state index contributed by atoms with van der Waals surface area (Å²) in [6.45, 7) is 5.32. The molecule has 0 unspecified atom stereocenters. The maximum absolute atomic E-state index is 13.1. The summed E-state index contributed by atoms with van der Waals surface area (Å²) in [5.41, 5.74) is 2.17. The lowest BCUT2D eigenvalue weighted by Crippen LogP contribution is -2.41. The Hall–Kier alpha value is -2.89. The highest BCUT2D eigenvalue weighted by molar-refractivity contribution is 5.73. The molecule has 6 heteroatoms. The van der Waals surface area contributed by atoms with Crippen molar-refractivity contribution in [2.24, 2.45) is 0 Å². The van der Waals surface area contributed by atoms with Crippen LogP contribution in [0, 0.1) is 5.82 Å². The number of rotatable bonds is 6. The van der Waals surface area contributed by atoms with E-state index in [4.69, 9.17) is 9.47 Å². The van der Waals surface area contributed by atoms with Crippen LogP contribution in [0.4, 0.5) is 9.18 Å². The summed E-state index contributed by atoms with van der Waals surface area (Å²) in [7, 11) is 1.31. The molecule has 1 N–H and O–H groups in total. The van der Waals surface area contributed by atoms with Crippen molar-refractivity contribution in [3.8, 4) is 11.1 Å². The number of methoxy groups -OCH3 is 1. The fourth-order valence-corrected chi connectivity index (χ4v) is 2.69. The van der Waals surface area contributed by atoms with Gasteiger partial charge in [0.15, 0.2) is 0 Å². The van der Waals surface area contributed by atoms with E-state index in [0.29, 0.717) is 6.42 Å². The van der Waals surface area contributed by atoms with E-state index >= 15 is 0 Å².